The van der Waals surface area contributed by atoms with E-state index in [-0.39, 0.29) is 0 Å². The van der Waals surface area contributed by atoms with Crippen molar-refractivity contribution in [1.82, 2.24) is 4.90 Å². The molecule has 1 fully saturated rings. The number of thiophene rings is 1. The Morgan fingerprint density at radius 2 is 2.39 bits per heavy atom. The molecule has 1 saturated heterocycles. The first-order chi connectivity index (χ1) is 8.77. The average Bonchev–Trinajstić information content (AvgIpc) is 2.79. The van der Waals surface area contributed by atoms with E-state index in [2.05, 4.69) is 39.2 Å². The molecule has 1 aromatic heterocycles. The summed E-state index contributed by atoms with van der Waals surface area (Å²) in [5.41, 5.74) is 6.07. The molecule has 102 valence electrons. The highest BCUT2D eigenvalue weighted by Gasteiger charge is 2.30. The van der Waals surface area contributed by atoms with Crippen molar-refractivity contribution in [3.8, 4) is 0 Å². The lowest BCUT2D eigenvalue weighted by Gasteiger charge is -2.40. The highest BCUT2D eigenvalue weighted by atomic mass is 79.9. The average molecular weight is 331 g/mol. The van der Waals surface area contributed by atoms with Gasteiger partial charge < -0.3 is 5.73 Å². The number of nitrogens with two attached hydrogens (primary N) is 1. The Bertz CT molecular complexity index is 364. The fourth-order valence-corrected chi connectivity index (χ4v) is 4.78. The third-order valence-electron chi connectivity index (χ3n) is 3.87. The molecule has 2 N–H and O–H groups in total. The lowest BCUT2D eigenvalue weighted by Crippen LogP contribution is -2.44. The van der Waals surface area contributed by atoms with E-state index in [0.717, 1.165) is 12.6 Å². The van der Waals surface area contributed by atoms with Crippen molar-refractivity contribution in [2.45, 2.75) is 51.1 Å². The maximum atomic E-state index is 6.07. The van der Waals surface area contributed by atoms with Gasteiger partial charge in [0.1, 0.15) is 0 Å². The third-order valence-corrected chi connectivity index (χ3v) is 5.84. The molecule has 0 spiro atoms. The zero-order valence-corrected chi connectivity index (χ0v) is 13.5. The molecule has 1 aliphatic heterocycles. The number of halogens is 1. The summed E-state index contributed by atoms with van der Waals surface area (Å²) >= 11 is 5.49. The molecular weight excluding hydrogens is 308 g/mol. The molecule has 1 aliphatic rings. The molecule has 18 heavy (non-hydrogen) atoms. The fraction of sp³-hybridized carbons (Fsp3) is 0.714. The molecule has 0 aromatic carbocycles. The summed E-state index contributed by atoms with van der Waals surface area (Å²) < 4.78 is 1.23. The van der Waals surface area contributed by atoms with Crippen molar-refractivity contribution in [2.75, 3.05) is 13.1 Å². The lowest BCUT2D eigenvalue weighted by molar-refractivity contribution is 0.0926. The van der Waals surface area contributed by atoms with Gasteiger partial charge >= 0.3 is 0 Å². The van der Waals surface area contributed by atoms with Gasteiger partial charge in [0.15, 0.2) is 0 Å². The van der Waals surface area contributed by atoms with Crippen LogP contribution in [0.3, 0.4) is 0 Å². The van der Waals surface area contributed by atoms with Crippen LogP contribution in [0.2, 0.25) is 0 Å². The summed E-state index contributed by atoms with van der Waals surface area (Å²) in [6, 6.07) is 3.27. The molecule has 0 aliphatic carbocycles. The van der Waals surface area contributed by atoms with E-state index in [0.29, 0.717) is 6.04 Å². The zero-order chi connectivity index (χ0) is 13.0. The number of hydrogen-bond donors (Lipinski definition) is 1. The minimum atomic E-state index is 0.399. The summed E-state index contributed by atoms with van der Waals surface area (Å²) in [4.78, 5) is 4.06. The molecule has 0 radical (unpaired) electrons. The minimum absolute atomic E-state index is 0.399. The van der Waals surface area contributed by atoms with E-state index >= 15 is 0 Å². The van der Waals surface area contributed by atoms with Crippen LogP contribution < -0.4 is 5.73 Å². The molecule has 2 nitrogen and oxygen atoms in total. The molecular formula is C14H23BrN2S. The van der Waals surface area contributed by atoms with E-state index in [4.69, 9.17) is 5.73 Å². The third kappa shape index (κ3) is 3.16. The molecule has 0 bridgehead atoms. The molecule has 4 heteroatoms. The van der Waals surface area contributed by atoms with Crippen LogP contribution in [0.1, 0.15) is 49.9 Å². The van der Waals surface area contributed by atoms with E-state index in [1.54, 1.807) is 0 Å². The Hall–Kier alpha value is 0.100. The molecule has 2 atom stereocenters. The lowest BCUT2D eigenvalue weighted by atomic mass is 9.95. The van der Waals surface area contributed by atoms with Gasteiger partial charge in [-0.05, 0) is 53.2 Å². The van der Waals surface area contributed by atoms with Gasteiger partial charge in [0.25, 0.3) is 0 Å². The molecule has 0 amide bonds. The quantitative estimate of drug-likeness (QED) is 0.878. The van der Waals surface area contributed by atoms with Crippen molar-refractivity contribution in [3.05, 3.63) is 20.8 Å². The second-order valence-electron chi connectivity index (χ2n) is 5.06. The van der Waals surface area contributed by atoms with E-state index in [9.17, 15) is 0 Å². The summed E-state index contributed by atoms with van der Waals surface area (Å²) in [6.07, 6.45) is 6.61. The van der Waals surface area contributed by atoms with Crippen molar-refractivity contribution in [1.29, 1.82) is 0 Å². The predicted molar refractivity (Wildman–Crippen MR) is 83.1 cm³/mol. The SMILES string of the molecule is CCCC1CCCCN1C(CN)c1sccc1Br. The van der Waals surface area contributed by atoms with Gasteiger partial charge in [0.2, 0.25) is 0 Å². The predicted octanol–water partition coefficient (Wildman–Crippen LogP) is 4.17. The van der Waals surface area contributed by atoms with E-state index in [1.165, 1.54) is 48.0 Å². The standard InChI is InChI=1S/C14H23BrN2S/c1-2-5-11-6-3-4-8-17(11)13(10-16)14-12(15)7-9-18-14/h7,9,11,13H,2-6,8,10,16H2,1H3. The minimum Gasteiger partial charge on any atom is -0.329 e. The summed E-state index contributed by atoms with van der Waals surface area (Å²) in [5, 5.41) is 2.15. The monoisotopic (exact) mass is 330 g/mol. The topological polar surface area (TPSA) is 29.3 Å². The van der Waals surface area contributed by atoms with Crippen LogP contribution in [0.4, 0.5) is 0 Å². The maximum Gasteiger partial charge on any atom is 0.0578 e. The van der Waals surface area contributed by atoms with Crippen molar-refractivity contribution < 1.29 is 0 Å². The maximum absolute atomic E-state index is 6.07. The van der Waals surface area contributed by atoms with E-state index < -0.39 is 0 Å². The molecule has 2 heterocycles. The Morgan fingerprint density at radius 1 is 1.56 bits per heavy atom. The second kappa shape index (κ2) is 7.04. The van der Waals surface area contributed by atoms with Crippen LogP contribution >= 0.6 is 27.3 Å². The molecule has 1 aromatic rings. The fourth-order valence-electron chi connectivity index (χ4n) is 3.01. The van der Waals surface area contributed by atoms with Gasteiger partial charge in [0, 0.05) is 21.9 Å². The van der Waals surface area contributed by atoms with Crippen LogP contribution in [-0.4, -0.2) is 24.0 Å². The first-order valence-corrected chi connectivity index (χ1v) is 8.63. The summed E-state index contributed by atoms with van der Waals surface area (Å²) in [5.74, 6) is 0. The number of nitrogens with zero attached hydrogens (tertiary/aromatic N) is 1. The normalized spacial score (nSPS) is 23.2. The van der Waals surface area contributed by atoms with Gasteiger partial charge in [-0.1, -0.05) is 19.8 Å². The van der Waals surface area contributed by atoms with Crippen molar-refractivity contribution >= 4 is 27.3 Å². The first kappa shape index (κ1) is 14.5. The first-order valence-electron chi connectivity index (χ1n) is 6.96. The molecule has 2 rings (SSSR count). The molecule has 2 unspecified atom stereocenters. The number of hydrogen-bond acceptors (Lipinski definition) is 3. The highest BCUT2D eigenvalue weighted by Crippen LogP contribution is 2.36. The Morgan fingerprint density at radius 3 is 3.00 bits per heavy atom. The highest BCUT2D eigenvalue weighted by molar-refractivity contribution is 9.10. The van der Waals surface area contributed by atoms with Crippen LogP contribution in [0, 0.1) is 0 Å². The molecule has 0 saturated carbocycles. The smallest absolute Gasteiger partial charge is 0.0578 e. The largest absolute Gasteiger partial charge is 0.329 e. The zero-order valence-electron chi connectivity index (χ0n) is 11.1. The Balaban J connectivity index is 2.17. The van der Waals surface area contributed by atoms with Crippen LogP contribution in [0.5, 0.6) is 0 Å². The number of piperidine rings is 1. The summed E-state index contributed by atoms with van der Waals surface area (Å²) in [7, 11) is 0. The van der Waals surface area contributed by atoms with Crippen LogP contribution in [0.15, 0.2) is 15.9 Å². The van der Waals surface area contributed by atoms with Gasteiger partial charge in [0.05, 0.1) is 6.04 Å². The van der Waals surface area contributed by atoms with Crippen molar-refractivity contribution in [2.24, 2.45) is 5.73 Å². The van der Waals surface area contributed by atoms with Gasteiger partial charge in [-0.15, -0.1) is 11.3 Å². The van der Waals surface area contributed by atoms with Gasteiger partial charge in [-0.2, -0.15) is 0 Å². The summed E-state index contributed by atoms with van der Waals surface area (Å²) in [6.45, 7) is 4.21. The van der Waals surface area contributed by atoms with Crippen LogP contribution in [0.25, 0.3) is 0 Å². The van der Waals surface area contributed by atoms with Gasteiger partial charge in [-0.3, -0.25) is 4.90 Å². The van der Waals surface area contributed by atoms with Crippen LogP contribution in [-0.2, 0) is 0 Å². The Labute approximate surface area is 123 Å². The number of likely N-dealkylation sites (tertiary alicyclic amines) is 1. The second-order valence-corrected chi connectivity index (χ2v) is 6.86. The van der Waals surface area contributed by atoms with Crippen molar-refractivity contribution in [3.63, 3.8) is 0 Å². The number of rotatable bonds is 5. The van der Waals surface area contributed by atoms with E-state index in [1.807, 2.05) is 11.3 Å². The van der Waals surface area contributed by atoms with Gasteiger partial charge in [-0.25, -0.2) is 0 Å². The Kier molecular flexibility index (Phi) is 5.67.